The first-order chi connectivity index (χ1) is 29.7. The average molecular weight is 773 g/mol. The van der Waals surface area contributed by atoms with Crippen molar-refractivity contribution in [2.45, 2.75) is 32.1 Å². The van der Waals surface area contributed by atoms with E-state index in [2.05, 4.69) is 217 Å². The van der Waals surface area contributed by atoms with Crippen molar-refractivity contribution in [3.8, 4) is 39.1 Å². The molecule has 5 saturated carbocycles. The molecule has 2 heteroatoms. The normalized spacial score (nSPS) is 21.6. The highest BCUT2D eigenvalue weighted by atomic mass is 15.1. The van der Waals surface area contributed by atoms with Gasteiger partial charge >= 0.3 is 0 Å². The van der Waals surface area contributed by atoms with Gasteiger partial charge in [-0.25, -0.2) is 0 Å². The first kappa shape index (κ1) is 35.3. The van der Waals surface area contributed by atoms with Gasteiger partial charge in [0.15, 0.2) is 0 Å². The van der Waals surface area contributed by atoms with Crippen molar-refractivity contribution in [1.29, 1.82) is 0 Å². The van der Waals surface area contributed by atoms with E-state index in [1.807, 2.05) is 0 Å². The molecule has 0 saturated heterocycles. The Morgan fingerprint density at radius 3 is 1.70 bits per heavy atom. The number of para-hydroxylation sites is 2. The zero-order valence-corrected chi connectivity index (χ0v) is 34.0. The minimum absolute atomic E-state index is 0.732. The third-order valence-corrected chi connectivity index (χ3v) is 14.5. The molecular formula is C58H48N2. The van der Waals surface area contributed by atoms with Crippen LogP contribution in [0.3, 0.4) is 0 Å². The third-order valence-electron chi connectivity index (χ3n) is 14.5. The summed E-state index contributed by atoms with van der Waals surface area (Å²) in [5.41, 5.74) is 16.0. The molecule has 0 spiro atoms. The summed E-state index contributed by atoms with van der Waals surface area (Å²) in [6.45, 7) is 2.49. The summed E-state index contributed by atoms with van der Waals surface area (Å²) in [4.78, 5) is 2.45. The van der Waals surface area contributed by atoms with Gasteiger partial charge in [0.25, 0.3) is 0 Å². The lowest BCUT2D eigenvalue weighted by atomic mass is 9.42. The van der Waals surface area contributed by atoms with Crippen LogP contribution in [0.1, 0.15) is 37.7 Å². The molecule has 1 heterocycles. The molecule has 6 atom stereocenters. The summed E-state index contributed by atoms with van der Waals surface area (Å²) in [6.07, 6.45) is 4.32. The van der Waals surface area contributed by atoms with Gasteiger partial charge in [-0.15, -0.1) is 0 Å². The SMILES string of the molecule is C[C@H]1CC2C[C@H]3C(C1)C(c1ccc(N(c4ccc(-c5ccccc5-c5ccccc5)cc4)c4cccc(-c5cccc(-n6c7ccccc7c7ccccc76)c5)c4)cc1)C23. The number of rotatable bonds is 8. The molecule has 5 fully saturated rings. The van der Waals surface area contributed by atoms with Gasteiger partial charge in [-0.3, -0.25) is 0 Å². The van der Waals surface area contributed by atoms with E-state index in [0.29, 0.717) is 0 Å². The molecule has 0 amide bonds. The van der Waals surface area contributed by atoms with Crippen LogP contribution in [0.25, 0.3) is 60.9 Å². The van der Waals surface area contributed by atoms with E-state index in [1.165, 1.54) is 80.1 Å². The Morgan fingerprint density at radius 2 is 1.00 bits per heavy atom. The van der Waals surface area contributed by atoms with Crippen molar-refractivity contribution in [2.24, 2.45) is 29.6 Å². The van der Waals surface area contributed by atoms with Gasteiger partial charge in [0.2, 0.25) is 0 Å². The minimum atomic E-state index is 0.732. The molecule has 60 heavy (non-hydrogen) atoms. The summed E-state index contributed by atoms with van der Waals surface area (Å²) in [5.74, 6) is 5.28. The summed E-state index contributed by atoms with van der Waals surface area (Å²) in [7, 11) is 0. The van der Waals surface area contributed by atoms with E-state index in [-0.39, 0.29) is 0 Å². The van der Waals surface area contributed by atoms with Gasteiger partial charge in [-0.1, -0.05) is 146 Å². The van der Waals surface area contributed by atoms with Crippen molar-refractivity contribution >= 4 is 38.9 Å². The Kier molecular flexibility index (Phi) is 8.40. The Bertz CT molecular complexity index is 2960. The molecule has 0 N–H and O–H groups in total. The van der Waals surface area contributed by atoms with E-state index < -0.39 is 0 Å². The topological polar surface area (TPSA) is 8.17 Å². The third kappa shape index (κ3) is 5.76. The van der Waals surface area contributed by atoms with Crippen LogP contribution in [0.5, 0.6) is 0 Å². The summed E-state index contributed by atoms with van der Waals surface area (Å²) < 4.78 is 2.41. The van der Waals surface area contributed by atoms with Crippen LogP contribution in [-0.2, 0) is 0 Å². The fourth-order valence-corrected chi connectivity index (χ4v) is 11.9. The first-order valence-corrected chi connectivity index (χ1v) is 22.0. The lowest BCUT2D eigenvalue weighted by Gasteiger charge is -2.62. The number of nitrogens with zero attached hydrogens (tertiary/aromatic N) is 2. The van der Waals surface area contributed by atoms with Gasteiger partial charge in [0.1, 0.15) is 0 Å². The first-order valence-electron chi connectivity index (χ1n) is 22.0. The molecule has 2 nitrogen and oxygen atoms in total. The van der Waals surface area contributed by atoms with Crippen LogP contribution in [0, 0.1) is 29.6 Å². The summed E-state index contributed by atoms with van der Waals surface area (Å²) in [6, 6.07) is 74.0. The van der Waals surface area contributed by atoms with Crippen molar-refractivity contribution in [2.75, 3.05) is 4.90 Å². The van der Waals surface area contributed by atoms with Crippen molar-refractivity contribution < 1.29 is 0 Å². The standard InChI is InChI=1S/C58H48N2/c1-38-33-44-37-54-53(34-38)57(58(44)54)41-27-31-46(32-28-41)59(45-29-25-40(26-30-45)50-20-6-5-19-49(50)39-13-3-2-4-14-39)47-17-11-15-42(35-47)43-16-12-18-48(36-43)60-55-23-9-7-21-51(55)52-22-8-10-24-56(52)60/h2-32,35-36,38,44,53-54,57-58H,33-34,37H2,1H3/t38-,44?,53?,54-,57?,58?/m0/s1. The highest BCUT2D eigenvalue weighted by Crippen LogP contribution is 2.70. The van der Waals surface area contributed by atoms with Crippen LogP contribution in [-0.4, -0.2) is 4.57 Å². The number of aromatic nitrogens is 1. The number of anilines is 3. The smallest absolute Gasteiger partial charge is 0.0541 e. The highest BCUT2D eigenvalue weighted by Gasteiger charge is 2.62. The quantitative estimate of drug-likeness (QED) is 0.149. The second-order valence-corrected chi connectivity index (χ2v) is 17.9. The van der Waals surface area contributed by atoms with Gasteiger partial charge < -0.3 is 9.47 Å². The fourth-order valence-electron chi connectivity index (χ4n) is 11.9. The van der Waals surface area contributed by atoms with E-state index >= 15 is 0 Å². The monoisotopic (exact) mass is 772 g/mol. The predicted octanol–water partition coefficient (Wildman–Crippen LogP) is 15.7. The van der Waals surface area contributed by atoms with Crippen LogP contribution >= 0.6 is 0 Å². The summed E-state index contributed by atoms with van der Waals surface area (Å²) in [5, 5.41) is 2.55. The predicted molar refractivity (Wildman–Crippen MR) is 251 cm³/mol. The Morgan fingerprint density at radius 1 is 0.433 bits per heavy atom. The largest absolute Gasteiger partial charge is 0.310 e. The maximum atomic E-state index is 2.49. The van der Waals surface area contributed by atoms with Gasteiger partial charge in [-0.05, 0) is 154 Å². The molecule has 290 valence electrons. The second kappa shape index (κ2) is 14.3. The van der Waals surface area contributed by atoms with Crippen LogP contribution < -0.4 is 4.90 Å². The zero-order chi connectivity index (χ0) is 39.7. The fraction of sp³-hybridized carbons (Fsp3) is 0.172. The molecule has 1 aromatic heterocycles. The molecule has 4 bridgehead atoms. The van der Waals surface area contributed by atoms with Crippen LogP contribution in [0.15, 0.2) is 200 Å². The second-order valence-electron chi connectivity index (χ2n) is 17.9. The van der Waals surface area contributed by atoms with E-state index in [9.17, 15) is 0 Å². The number of hydrogen-bond acceptors (Lipinski definition) is 1. The van der Waals surface area contributed by atoms with Gasteiger partial charge in [-0.2, -0.15) is 0 Å². The maximum absolute atomic E-state index is 2.49. The molecule has 5 aliphatic rings. The molecular weight excluding hydrogens is 725 g/mol. The van der Waals surface area contributed by atoms with Crippen LogP contribution in [0.2, 0.25) is 0 Å². The zero-order valence-electron chi connectivity index (χ0n) is 34.0. The summed E-state index contributed by atoms with van der Waals surface area (Å²) >= 11 is 0. The minimum Gasteiger partial charge on any atom is -0.310 e. The number of benzene rings is 8. The molecule has 0 aliphatic heterocycles. The lowest BCUT2D eigenvalue weighted by molar-refractivity contribution is -0.0979. The van der Waals surface area contributed by atoms with E-state index in [0.717, 1.165) is 52.6 Å². The van der Waals surface area contributed by atoms with Crippen molar-refractivity contribution in [3.05, 3.63) is 206 Å². The van der Waals surface area contributed by atoms with E-state index in [1.54, 1.807) is 5.56 Å². The Balaban J connectivity index is 0.936. The molecule has 0 radical (unpaired) electrons. The van der Waals surface area contributed by atoms with Gasteiger partial charge in [0.05, 0.1) is 11.0 Å². The maximum Gasteiger partial charge on any atom is 0.0541 e. The lowest BCUT2D eigenvalue weighted by Crippen LogP contribution is -2.55. The molecule has 5 aliphatic carbocycles. The molecule has 4 unspecified atom stereocenters. The average Bonchev–Trinajstić information content (AvgIpc) is 3.35. The highest BCUT2D eigenvalue weighted by molar-refractivity contribution is 6.09. The number of fused-ring (bicyclic) bond motifs is 3. The van der Waals surface area contributed by atoms with Crippen molar-refractivity contribution in [3.63, 3.8) is 0 Å². The van der Waals surface area contributed by atoms with Crippen molar-refractivity contribution in [1.82, 2.24) is 4.57 Å². The Hall–Kier alpha value is -6.64. The Labute approximate surface area is 353 Å². The van der Waals surface area contributed by atoms with Gasteiger partial charge in [0, 0.05) is 33.5 Å². The van der Waals surface area contributed by atoms with E-state index in [4.69, 9.17) is 0 Å². The molecule has 8 aromatic carbocycles. The number of hydrogen-bond donors (Lipinski definition) is 0. The van der Waals surface area contributed by atoms with Crippen LogP contribution in [0.4, 0.5) is 17.1 Å². The molecule has 9 aromatic rings. The molecule has 14 rings (SSSR count).